The number of carboxylic acid groups (broad SMARTS) is 1. The van der Waals surface area contributed by atoms with Gasteiger partial charge in [-0.05, 0) is 48.2 Å². The fraction of sp³-hybridized carbons (Fsp3) is 0.480. The number of hydrogen-bond donors (Lipinski definition) is 1. The van der Waals surface area contributed by atoms with Crippen LogP contribution in [0.15, 0.2) is 24.3 Å². The van der Waals surface area contributed by atoms with Crippen LogP contribution in [0.1, 0.15) is 35.8 Å². The van der Waals surface area contributed by atoms with Crippen LogP contribution in [0.4, 0.5) is 0 Å². The topological polar surface area (TPSA) is 102 Å². The van der Waals surface area contributed by atoms with E-state index < -0.39 is 18.7 Å². The van der Waals surface area contributed by atoms with E-state index in [0.717, 1.165) is 24.0 Å². The summed E-state index contributed by atoms with van der Waals surface area (Å²) in [6, 6.07) is 7.56. The molecule has 34 heavy (non-hydrogen) atoms. The second-order valence-electron chi connectivity index (χ2n) is 7.88. The number of hydrogen-bond acceptors (Lipinski definition) is 8. The van der Waals surface area contributed by atoms with Crippen LogP contribution in [0.3, 0.4) is 0 Å². The molecule has 0 heterocycles. The van der Waals surface area contributed by atoms with Gasteiger partial charge in [-0.15, -0.1) is 0 Å². The summed E-state index contributed by atoms with van der Waals surface area (Å²) in [6.07, 6.45) is 1.12. The van der Waals surface area contributed by atoms with Crippen molar-refractivity contribution in [2.75, 3.05) is 49.3 Å². The Labute approximate surface area is 199 Å². The zero-order chi connectivity index (χ0) is 24.8. The summed E-state index contributed by atoms with van der Waals surface area (Å²) >= 11 is 0. The minimum atomic E-state index is -1.03. The summed E-state index contributed by atoms with van der Waals surface area (Å²) in [5.41, 5.74) is 1.83. The minimum absolute atomic E-state index is 0.0999. The summed E-state index contributed by atoms with van der Waals surface area (Å²) in [7, 11) is 9.35. The van der Waals surface area contributed by atoms with Crippen LogP contribution in [0.25, 0.3) is 0 Å². The van der Waals surface area contributed by atoms with Crippen LogP contribution in [-0.2, 0) is 9.53 Å². The monoisotopic (exact) mass is 476 g/mol. The minimum Gasteiger partial charge on any atom is -0.493 e. The third-order valence-electron chi connectivity index (χ3n) is 6.21. The van der Waals surface area contributed by atoms with Crippen molar-refractivity contribution in [1.82, 2.24) is 0 Å². The van der Waals surface area contributed by atoms with E-state index in [1.54, 1.807) is 42.7 Å². The number of carbonyl (C=O) groups is 1. The standard InChI is InChI=1S/C25H32O9/c1-28-18-9-14(10-19(29-2)24(18)32-5)16-7-8-17(23(16)34-13-22(26)27)15-11-20(30-3)25(33-6)21(12-15)31-4/h9-12,16-17,23H,7-8,13H2,1-6H3,(H,26,27)/t16-,17-/m0/s1. The van der Waals surface area contributed by atoms with Crippen LogP contribution < -0.4 is 28.4 Å². The first-order valence-electron chi connectivity index (χ1n) is 10.8. The van der Waals surface area contributed by atoms with E-state index in [1.807, 2.05) is 24.3 Å². The molecule has 1 saturated carbocycles. The normalized spacial score (nSPS) is 17.8. The summed E-state index contributed by atoms with van der Waals surface area (Å²) in [5, 5.41) is 9.31. The van der Waals surface area contributed by atoms with Gasteiger partial charge in [-0.2, -0.15) is 0 Å². The molecule has 0 spiro atoms. The molecule has 0 saturated heterocycles. The lowest BCUT2D eigenvalue weighted by atomic mass is 9.89. The van der Waals surface area contributed by atoms with Gasteiger partial charge in [0, 0.05) is 11.8 Å². The smallest absolute Gasteiger partial charge is 0.329 e. The molecule has 2 atom stereocenters. The Morgan fingerprint density at radius 1 is 0.706 bits per heavy atom. The number of methoxy groups -OCH3 is 6. The lowest BCUT2D eigenvalue weighted by Crippen LogP contribution is -2.26. The van der Waals surface area contributed by atoms with Gasteiger partial charge in [0.1, 0.15) is 6.61 Å². The van der Waals surface area contributed by atoms with E-state index in [0.29, 0.717) is 34.5 Å². The Morgan fingerprint density at radius 3 is 1.32 bits per heavy atom. The van der Waals surface area contributed by atoms with E-state index in [9.17, 15) is 9.90 Å². The fourth-order valence-electron chi connectivity index (χ4n) is 4.71. The van der Waals surface area contributed by atoms with Gasteiger partial charge in [0.2, 0.25) is 11.5 Å². The summed E-state index contributed by atoms with van der Waals surface area (Å²) in [6.45, 7) is -0.410. The predicted molar refractivity (Wildman–Crippen MR) is 124 cm³/mol. The molecular formula is C25H32O9. The van der Waals surface area contributed by atoms with Gasteiger partial charge in [-0.25, -0.2) is 4.79 Å². The Hall–Kier alpha value is -3.33. The van der Waals surface area contributed by atoms with E-state index >= 15 is 0 Å². The van der Waals surface area contributed by atoms with Crippen molar-refractivity contribution in [2.24, 2.45) is 0 Å². The SMILES string of the molecule is COc1cc([C@@H]2CC[C@@H](c3cc(OC)c(OC)c(OC)c3)C2OCC(=O)O)cc(OC)c1OC. The zero-order valence-electron chi connectivity index (χ0n) is 20.4. The van der Waals surface area contributed by atoms with Gasteiger partial charge >= 0.3 is 5.97 Å². The first-order valence-corrected chi connectivity index (χ1v) is 10.8. The zero-order valence-corrected chi connectivity index (χ0v) is 20.4. The third-order valence-corrected chi connectivity index (χ3v) is 6.21. The summed E-state index contributed by atoms with van der Waals surface area (Å²) in [4.78, 5) is 11.4. The highest BCUT2D eigenvalue weighted by atomic mass is 16.5. The van der Waals surface area contributed by atoms with Gasteiger partial charge in [-0.3, -0.25) is 0 Å². The molecule has 0 amide bonds. The summed E-state index contributed by atoms with van der Waals surface area (Å²) < 4.78 is 39.0. The molecule has 1 aliphatic carbocycles. The van der Waals surface area contributed by atoms with Gasteiger partial charge in [0.25, 0.3) is 0 Å². The van der Waals surface area contributed by atoms with Crippen molar-refractivity contribution < 1.29 is 43.1 Å². The molecule has 186 valence electrons. The van der Waals surface area contributed by atoms with Crippen molar-refractivity contribution in [3.05, 3.63) is 35.4 Å². The lowest BCUT2D eigenvalue weighted by Gasteiger charge is -2.27. The Balaban J connectivity index is 2.06. The molecule has 0 aliphatic heterocycles. The highest BCUT2D eigenvalue weighted by molar-refractivity contribution is 5.68. The number of carboxylic acids is 1. The predicted octanol–water partition coefficient (Wildman–Crippen LogP) is 3.87. The average Bonchev–Trinajstić information content (AvgIpc) is 3.29. The third kappa shape index (κ3) is 4.94. The number of aliphatic carboxylic acids is 1. The van der Waals surface area contributed by atoms with Crippen molar-refractivity contribution >= 4 is 5.97 Å². The molecule has 9 heteroatoms. The van der Waals surface area contributed by atoms with Crippen molar-refractivity contribution in [3.63, 3.8) is 0 Å². The highest BCUT2D eigenvalue weighted by Gasteiger charge is 2.40. The lowest BCUT2D eigenvalue weighted by molar-refractivity contribution is -0.144. The molecule has 9 nitrogen and oxygen atoms in total. The van der Waals surface area contributed by atoms with Crippen molar-refractivity contribution in [1.29, 1.82) is 0 Å². The number of ether oxygens (including phenoxy) is 7. The molecule has 2 aromatic carbocycles. The molecule has 0 aromatic heterocycles. The van der Waals surface area contributed by atoms with Gasteiger partial charge in [0.15, 0.2) is 23.0 Å². The Morgan fingerprint density at radius 2 is 1.06 bits per heavy atom. The second-order valence-corrected chi connectivity index (χ2v) is 7.88. The highest BCUT2D eigenvalue weighted by Crippen LogP contribution is 2.51. The molecular weight excluding hydrogens is 444 g/mol. The van der Waals surface area contributed by atoms with Crippen LogP contribution in [0.5, 0.6) is 34.5 Å². The van der Waals surface area contributed by atoms with Crippen molar-refractivity contribution in [3.8, 4) is 34.5 Å². The van der Waals surface area contributed by atoms with Gasteiger partial charge in [0.05, 0.1) is 48.8 Å². The molecule has 3 rings (SSSR count). The summed E-state index contributed by atoms with van der Waals surface area (Å²) in [5.74, 6) is 1.89. The first-order chi connectivity index (χ1) is 16.4. The van der Waals surface area contributed by atoms with Crippen LogP contribution in [-0.4, -0.2) is 66.4 Å². The molecule has 2 aromatic rings. The molecule has 0 bridgehead atoms. The molecule has 0 radical (unpaired) electrons. The molecule has 1 aliphatic rings. The maximum atomic E-state index is 11.4. The fourth-order valence-corrected chi connectivity index (χ4v) is 4.71. The molecule has 1 N–H and O–H groups in total. The van der Waals surface area contributed by atoms with E-state index in [2.05, 4.69) is 0 Å². The van der Waals surface area contributed by atoms with Gasteiger partial charge in [-0.1, -0.05) is 0 Å². The Kier molecular flexibility index (Phi) is 8.33. The Bertz CT molecular complexity index is 882. The quantitative estimate of drug-likeness (QED) is 0.518. The maximum Gasteiger partial charge on any atom is 0.329 e. The van der Waals surface area contributed by atoms with E-state index in [1.165, 1.54) is 0 Å². The average molecular weight is 477 g/mol. The second kappa shape index (κ2) is 11.2. The van der Waals surface area contributed by atoms with Gasteiger partial charge < -0.3 is 38.3 Å². The largest absolute Gasteiger partial charge is 0.493 e. The van der Waals surface area contributed by atoms with Crippen molar-refractivity contribution in [2.45, 2.75) is 30.8 Å². The number of rotatable bonds is 11. The molecule has 1 fully saturated rings. The van der Waals surface area contributed by atoms with E-state index in [4.69, 9.17) is 33.2 Å². The van der Waals surface area contributed by atoms with Crippen LogP contribution >= 0.6 is 0 Å². The first kappa shape index (κ1) is 25.3. The maximum absolute atomic E-state index is 11.4. The molecule has 0 unspecified atom stereocenters. The number of benzene rings is 2. The van der Waals surface area contributed by atoms with Crippen LogP contribution in [0, 0.1) is 0 Å². The van der Waals surface area contributed by atoms with Crippen LogP contribution in [0.2, 0.25) is 0 Å². The van der Waals surface area contributed by atoms with E-state index in [-0.39, 0.29) is 11.8 Å².